The standard InChI is InChI=1S/C13H18O3/c1-9-6-5-7-10(2)11(9)16-8-13(3,4)12(14)15/h5-7H,8H2,1-4H3,(H,14,15). The number of hydrogen-bond acceptors (Lipinski definition) is 2. The van der Waals surface area contributed by atoms with E-state index < -0.39 is 11.4 Å². The van der Waals surface area contributed by atoms with Gasteiger partial charge in [0.05, 0.1) is 5.41 Å². The first-order chi connectivity index (χ1) is 7.34. The maximum atomic E-state index is 10.9. The van der Waals surface area contributed by atoms with Crippen molar-refractivity contribution in [2.45, 2.75) is 27.7 Å². The second kappa shape index (κ2) is 4.56. The molecule has 0 aliphatic carbocycles. The van der Waals surface area contributed by atoms with Gasteiger partial charge in [-0.15, -0.1) is 0 Å². The summed E-state index contributed by atoms with van der Waals surface area (Å²) in [6.07, 6.45) is 0. The molecule has 88 valence electrons. The van der Waals surface area contributed by atoms with Crippen molar-refractivity contribution in [1.29, 1.82) is 0 Å². The highest BCUT2D eigenvalue weighted by Gasteiger charge is 2.28. The number of carbonyl (C=O) groups is 1. The van der Waals surface area contributed by atoms with Crippen LogP contribution in [0.3, 0.4) is 0 Å². The van der Waals surface area contributed by atoms with E-state index in [2.05, 4.69) is 0 Å². The molecule has 0 radical (unpaired) electrons. The summed E-state index contributed by atoms with van der Waals surface area (Å²) in [6, 6.07) is 5.87. The lowest BCUT2D eigenvalue weighted by Crippen LogP contribution is -2.30. The van der Waals surface area contributed by atoms with Crippen LogP contribution in [0.4, 0.5) is 0 Å². The molecule has 1 aromatic rings. The molecule has 0 aromatic heterocycles. The fraction of sp³-hybridized carbons (Fsp3) is 0.462. The minimum Gasteiger partial charge on any atom is -0.492 e. The van der Waals surface area contributed by atoms with Gasteiger partial charge < -0.3 is 9.84 Å². The van der Waals surface area contributed by atoms with E-state index in [-0.39, 0.29) is 6.61 Å². The predicted molar refractivity (Wildman–Crippen MR) is 62.8 cm³/mol. The van der Waals surface area contributed by atoms with E-state index in [0.717, 1.165) is 16.9 Å². The van der Waals surface area contributed by atoms with Crippen molar-refractivity contribution in [3.8, 4) is 5.75 Å². The Labute approximate surface area is 96.1 Å². The van der Waals surface area contributed by atoms with Gasteiger partial charge in [-0.25, -0.2) is 0 Å². The fourth-order valence-electron chi connectivity index (χ4n) is 1.34. The van der Waals surface area contributed by atoms with Crippen molar-refractivity contribution in [1.82, 2.24) is 0 Å². The molecule has 0 amide bonds. The van der Waals surface area contributed by atoms with Gasteiger partial charge in [0.15, 0.2) is 0 Å². The van der Waals surface area contributed by atoms with Gasteiger partial charge >= 0.3 is 5.97 Å². The van der Waals surface area contributed by atoms with Crippen LogP contribution >= 0.6 is 0 Å². The number of carboxylic acid groups (broad SMARTS) is 1. The number of hydrogen-bond donors (Lipinski definition) is 1. The van der Waals surface area contributed by atoms with Gasteiger partial charge in [0, 0.05) is 0 Å². The second-order valence-corrected chi connectivity index (χ2v) is 4.70. The average Bonchev–Trinajstić information content (AvgIpc) is 2.16. The Morgan fingerprint density at radius 2 is 1.81 bits per heavy atom. The quantitative estimate of drug-likeness (QED) is 0.852. The van der Waals surface area contributed by atoms with Crippen LogP contribution in [0, 0.1) is 19.3 Å². The number of ether oxygens (including phenoxy) is 1. The van der Waals surface area contributed by atoms with E-state index in [0.29, 0.717) is 0 Å². The van der Waals surface area contributed by atoms with Crippen molar-refractivity contribution < 1.29 is 14.6 Å². The molecule has 0 aliphatic heterocycles. The van der Waals surface area contributed by atoms with Crippen LogP contribution in [0.25, 0.3) is 0 Å². The van der Waals surface area contributed by atoms with Crippen LogP contribution in [0.2, 0.25) is 0 Å². The molecule has 1 aromatic carbocycles. The zero-order chi connectivity index (χ0) is 12.3. The van der Waals surface area contributed by atoms with E-state index in [1.165, 1.54) is 0 Å². The molecule has 0 saturated heterocycles. The van der Waals surface area contributed by atoms with Gasteiger partial charge in [-0.2, -0.15) is 0 Å². The molecule has 0 bridgehead atoms. The van der Waals surface area contributed by atoms with Gasteiger partial charge in [-0.1, -0.05) is 18.2 Å². The van der Waals surface area contributed by atoms with Gasteiger partial charge in [-0.05, 0) is 38.8 Å². The summed E-state index contributed by atoms with van der Waals surface area (Å²) in [5, 5.41) is 8.98. The first-order valence-electron chi connectivity index (χ1n) is 5.27. The van der Waals surface area contributed by atoms with Crippen molar-refractivity contribution in [3.63, 3.8) is 0 Å². The summed E-state index contributed by atoms with van der Waals surface area (Å²) >= 11 is 0. The third-order valence-corrected chi connectivity index (χ3v) is 2.57. The van der Waals surface area contributed by atoms with E-state index >= 15 is 0 Å². The number of aryl methyl sites for hydroxylation is 2. The Kier molecular flexibility index (Phi) is 3.58. The van der Waals surface area contributed by atoms with Gasteiger partial charge in [0.25, 0.3) is 0 Å². The molecule has 0 fully saturated rings. The van der Waals surface area contributed by atoms with Crippen molar-refractivity contribution >= 4 is 5.97 Å². The minimum absolute atomic E-state index is 0.175. The van der Waals surface area contributed by atoms with Crippen LogP contribution in [0.1, 0.15) is 25.0 Å². The van der Waals surface area contributed by atoms with Crippen LogP contribution in [0.15, 0.2) is 18.2 Å². The molecule has 0 aliphatic rings. The Hall–Kier alpha value is -1.51. The van der Waals surface area contributed by atoms with E-state index in [9.17, 15) is 4.79 Å². The van der Waals surface area contributed by atoms with Crippen LogP contribution in [-0.4, -0.2) is 17.7 Å². The van der Waals surface area contributed by atoms with E-state index in [1.807, 2.05) is 32.0 Å². The van der Waals surface area contributed by atoms with Crippen LogP contribution < -0.4 is 4.74 Å². The molecule has 3 heteroatoms. The third-order valence-electron chi connectivity index (χ3n) is 2.57. The number of carboxylic acids is 1. The lowest BCUT2D eigenvalue weighted by Gasteiger charge is -2.21. The Balaban J connectivity index is 2.79. The van der Waals surface area contributed by atoms with E-state index in [4.69, 9.17) is 9.84 Å². The maximum absolute atomic E-state index is 10.9. The summed E-state index contributed by atoms with van der Waals surface area (Å²) in [5.74, 6) is -0.0597. The molecule has 0 saturated carbocycles. The highest BCUT2D eigenvalue weighted by Crippen LogP contribution is 2.25. The number of benzene rings is 1. The molecule has 0 spiro atoms. The highest BCUT2D eigenvalue weighted by molar-refractivity contribution is 5.73. The summed E-state index contributed by atoms with van der Waals surface area (Å²) in [6.45, 7) is 7.39. The van der Waals surface area contributed by atoms with Crippen molar-refractivity contribution in [2.24, 2.45) is 5.41 Å². The SMILES string of the molecule is Cc1cccc(C)c1OCC(C)(C)C(=O)O. The van der Waals surface area contributed by atoms with Gasteiger partial charge in [-0.3, -0.25) is 4.79 Å². The molecule has 1 rings (SSSR count). The number of para-hydroxylation sites is 1. The normalized spacial score (nSPS) is 11.2. The Morgan fingerprint density at radius 3 is 2.25 bits per heavy atom. The lowest BCUT2D eigenvalue weighted by molar-refractivity contribution is -0.148. The summed E-state index contributed by atoms with van der Waals surface area (Å²) in [4.78, 5) is 10.9. The van der Waals surface area contributed by atoms with Gasteiger partial charge in [0.2, 0.25) is 0 Å². The number of aliphatic carboxylic acids is 1. The average molecular weight is 222 g/mol. The Morgan fingerprint density at radius 1 is 1.31 bits per heavy atom. The highest BCUT2D eigenvalue weighted by atomic mass is 16.5. The third kappa shape index (κ3) is 2.75. The van der Waals surface area contributed by atoms with Crippen LogP contribution in [0.5, 0.6) is 5.75 Å². The second-order valence-electron chi connectivity index (χ2n) is 4.70. The smallest absolute Gasteiger partial charge is 0.312 e. The van der Waals surface area contributed by atoms with E-state index in [1.54, 1.807) is 13.8 Å². The summed E-state index contributed by atoms with van der Waals surface area (Å²) in [7, 11) is 0. The topological polar surface area (TPSA) is 46.5 Å². The monoisotopic (exact) mass is 222 g/mol. The van der Waals surface area contributed by atoms with Gasteiger partial charge in [0.1, 0.15) is 12.4 Å². The van der Waals surface area contributed by atoms with Crippen molar-refractivity contribution in [2.75, 3.05) is 6.61 Å². The zero-order valence-corrected chi connectivity index (χ0v) is 10.2. The molecule has 0 atom stereocenters. The molecule has 0 heterocycles. The van der Waals surface area contributed by atoms with Crippen LogP contribution in [-0.2, 0) is 4.79 Å². The molecular formula is C13H18O3. The minimum atomic E-state index is -0.866. The fourth-order valence-corrected chi connectivity index (χ4v) is 1.34. The first kappa shape index (κ1) is 12.6. The Bertz CT molecular complexity index is 374. The largest absolute Gasteiger partial charge is 0.492 e. The first-order valence-corrected chi connectivity index (χ1v) is 5.27. The van der Waals surface area contributed by atoms with Crippen molar-refractivity contribution in [3.05, 3.63) is 29.3 Å². The molecule has 16 heavy (non-hydrogen) atoms. The molecule has 1 N–H and O–H groups in total. The molecule has 3 nitrogen and oxygen atoms in total. The molecule has 0 unspecified atom stereocenters. The molecular weight excluding hydrogens is 204 g/mol. The maximum Gasteiger partial charge on any atom is 0.312 e. The predicted octanol–water partition coefficient (Wildman–Crippen LogP) is 2.79. The summed E-state index contributed by atoms with van der Waals surface area (Å²) < 4.78 is 5.61. The lowest BCUT2D eigenvalue weighted by atomic mass is 9.95. The summed E-state index contributed by atoms with van der Waals surface area (Å²) in [5.41, 5.74) is 1.19. The zero-order valence-electron chi connectivity index (χ0n) is 10.2. The number of rotatable bonds is 4.